The SMILES string of the molecule is CCC(C)CN(C)C(C)C(=O)Nc1ccc(N)cc1OC. The fourth-order valence-corrected chi connectivity index (χ4v) is 2.03. The second-order valence-electron chi connectivity index (χ2n) is 5.58. The van der Waals surface area contributed by atoms with Crippen molar-refractivity contribution in [1.29, 1.82) is 0 Å². The summed E-state index contributed by atoms with van der Waals surface area (Å²) in [6, 6.07) is 4.99. The second-order valence-corrected chi connectivity index (χ2v) is 5.58. The minimum Gasteiger partial charge on any atom is -0.494 e. The Hall–Kier alpha value is -1.75. The van der Waals surface area contributed by atoms with E-state index < -0.39 is 0 Å². The number of nitrogens with two attached hydrogens (primary N) is 1. The Morgan fingerprint density at radius 2 is 2.10 bits per heavy atom. The molecule has 0 bridgehead atoms. The van der Waals surface area contributed by atoms with E-state index in [1.54, 1.807) is 25.3 Å². The summed E-state index contributed by atoms with van der Waals surface area (Å²) >= 11 is 0. The molecule has 0 aliphatic carbocycles. The third kappa shape index (κ3) is 4.93. The summed E-state index contributed by atoms with van der Waals surface area (Å²) in [7, 11) is 3.53. The van der Waals surface area contributed by atoms with Crippen molar-refractivity contribution in [3.8, 4) is 5.75 Å². The average molecular weight is 293 g/mol. The molecule has 0 saturated carbocycles. The third-order valence-electron chi connectivity index (χ3n) is 3.82. The molecule has 118 valence electrons. The Kier molecular flexibility index (Phi) is 6.49. The van der Waals surface area contributed by atoms with E-state index >= 15 is 0 Å². The van der Waals surface area contributed by atoms with Crippen molar-refractivity contribution in [3.05, 3.63) is 18.2 Å². The maximum Gasteiger partial charge on any atom is 0.241 e. The fraction of sp³-hybridized carbons (Fsp3) is 0.562. The predicted octanol–water partition coefficient (Wildman–Crippen LogP) is 2.58. The number of nitrogen functional groups attached to an aromatic ring is 1. The van der Waals surface area contributed by atoms with E-state index in [4.69, 9.17) is 10.5 Å². The molecule has 0 spiro atoms. The number of nitrogens with one attached hydrogen (secondary N) is 1. The van der Waals surface area contributed by atoms with Crippen molar-refractivity contribution in [1.82, 2.24) is 4.90 Å². The van der Waals surface area contributed by atoms with Gasteiger partial charge in [0.15, 0.2) is 0 Å². The smallest absolute Gasteiger partial charge is 0.241 e. The van der Waals surface area contributed by atoms with Gasteiger partial charge in [0.05, 0.1) is 18.8 Å². The van der Waals surface area contributed by atoms with Crippen molar-refractivity contribution in [2.75, 3.05) is 31.8 Å². The predicted molar refractivity (Wildman–Crippen MR) is 87.6 cm³/mol. The molecule has 0 saturated heterocycles. The van der Waals surface area contributed by atoms with Gasteiger partial charge in [0.1, 0.15) is 5.75 Å². The first-order valence-corrected chi connectivity index (χ1v) is 7.33. The van der Waals surface area contributed by atoms with Crippen LogP contribution in [0.3, 0.4) is 0 Å². The van der Waals surface area contributed by atoms with Crippen LogP contribution in [0.1, 0.15) is 27.2 Å². The first kappa shape index (κ1) is 17.3. The zero-order valence-electron chi connectivity index (χ0n) is 13.6. The highest BCUT2D eigenvalue weighted by Gasteiger charge is 2.20. The van der Waals surface area contributed by atoms with Crippen LogP contribution in [0.5, 0.6) is 5.75 Å². The number of anilines is 2. The lowest BCUT2D eigenvalue weighted by Gasteiger charge is -2.26. The van der Waals surface area contributed by atoms with Crippen LogP contribution in [0, 0.1) is 5.92 Å². The lowest BCUT2D eigenvalue weighted by atomic mass is 10.1. The summed E-state index contributed by atoms with van der Waals surface area (Å²) in [6.45, 7) is 7.14. The summed E-state index contributed by atoms with van der Waals surface area (Å²) in [5, 5.41) is 2.90. The van der Waals surface area contributed by atoms with Gasteiger partial charge in [0.25, 0.3) is 0 Å². The van der Waals surface area contributed by atoms with Crippen molar-refractivity contribution < 1.29 is 9.53 Å². The van der Waals surface area contributed by atoms with E-state index in [-0.39, 0.29) is 11.9 Å². The molecule has 0 fully saturated rings. The standard InChI is InChI=1S/C16H27N3O2/c1-6-11(2)10-19(4)12(3)16(20)18-14-8-7-13(17)9-15(14)21-5/h7-9,11-12H,6,10,17H2,1-5H3,(H,18,20). The van der Waals surface area contributed by atoms with Crippen LogP contribution < -0.4 is 15.8 Å². The van der Waals surface area contributed by atoms with E-state index in [0.29, 0.717) is 23.0 Å². The summed E-state index contributed by atoms with van der Waals surface area (Å²) < 4.78 is 5.24. The lowest BCUT2D eigenvalue weighted by Crippen LogP contribution is -2.41. The number of rotatable bonds is 7. The first-order chi connectivity index (χ1) is 9.88. The van der Waals surface area contributed by atoms with Gasteiger partial charge in [0, 0.05) is 18.3 Å². The lowest BCUT2D eigenvalue weighted by molar-refractivity contribution is -0.120. The Morgan fingerprint density at radius 1 is 1.43 bits per heavy atom. The topological polar surface area (TPSA) is 67.6 Å². The zero-order chi connectivity index (χ0) is 16.0. The summed E-state index contributed by atoms with van der Waals surface area (Å²) in [5.74, 6) is 1.08. The highest BCUT2D eigenvalue weighted by molar-refractivity contribution is 5.96. The van der Waals surface area contributed by atoms with Crippen molar-refractivity contribution in [3.63, 3.8) is 0 Å². The number of methoxy groups -OCH3 is 1. The number of benzene rings is 1. The maximum atomic E-state index is 12.3. The highest BCUT2D eigenvalue weighted by atomic mass is 16.5. The van der Waals surface area contributed by atoms with Crippen LogP contribution in [0.2, 0.25) is 0 Å². The molecule has 0 heterocycles. The van der Waals surface area contributed by atoms with Gasteiger partial charge in [-0.25, -0.2) is 0 Å². The quantitative estimate of drug-likeness (QED) is 0.758. The molecule has 0 aromatic heterocycles. The number of nitrogens with zero attached hydrogens (tertiary/aromatic N) is 1. The molecular weight excluding hydrogens is 266 g/mol. The Morgan fingerprint density at radius 3 is 2.67 bits per heavy atom. The third-order valence-corrected chi connectivity index (χ3v) is 3.82. The molecule has 2 atom stereocenters. The van der Waals surface area contributed by atoms with E-state index in [1.165, 1.54) is 0 Å². The van der Waals surface area contributed by atoms with Gasteiger partial charge >= 0.3 is 0 Å². The number of likely N-dealkylation sites (N-methyl/N-ethyl adjacent to an activating group) is 1. The zero-order valence-corrected chi connectivity index (χ0v) is 13.6. The molecule has 21 heavy (non-hydrogen) atoms. The Bertz CT molecular complexity index is 477. The molecule has 1 rings (SSSR count). The molecule has 0 aliphatic rings. The van der Waals surface area contributed by atoms with Gasteiger partial charge in [-0.1, -0.05) is 20.3 Å². The number of carbonyl (C=O) groups excluding carboxylic acids is 1. The van der Waals surface area contributed by atoms with Crippen LogP contribution in [0.15, 0.2) is 18.2 Å². The van der Waals surface area contributed by atoms with Gasteiger partial charge in [-0.15, -0.1) is 0 Å². The van der Waals surface area contributed by atoms with Gasteiger partial charge < -0.3 is 15.8 Å². The number of ether oxygens (including phenoxy) is 1. The van der Waals surface area contributed by atoms with Crippen LogP contribution in [0.4, 0.5) is 11.4 Å². The molecule has 5 heteroatoms. The van der Waals surface area contributed by atoms with Crippen molar-refractivity contribution in [2.45, 2.75) is 33.2 Å². The second kappa shape index (κ2) is 7.88. The summed E-state index contributed by atoms with van der Waals surface area (Å²) in [4.78, 5) is 14.4. The minimum atomic E-state index is -0.207. The van der Waals surface area contributed by atoms with Crippen LogP contribution >= 0.6 is 0 Å². The van der Waals surface area contributed by atoms with E-state index in [0.717, 1.165) is 13.0 Å². The first-order valence-electron chi connectivity index (χ1n) is 7.33. The van der Waals surface area contributed by atoms with Gasteiger partial charge in [-0.3, -0.25) is 9.69 Å². The maximum absolute atomic E-state index is 12.3. The number of amides is 1. The fourth-order valence-electron chi connectivity index (χ4n) is 2.03. The molecule has 3 N–H and O–H groups in total. The largest absolute Gasteiger partial charge is 0.494 e. The molecule has 2 unspecified atom stereocenters. The normalized spacial score (nSPS) is 13.8. The Balaban J connectivity index is 2.72. The summed E-state index contributed by atoms with van der Waals surface area (Å²) in [5.41, 5.74) is 6.95. The van der Waals surface area contributed by atoms with Crippen molar-refractivity contribution >= 4 is 17.3 Å². The van der Waals surface area contributed by atoms with Gasteiger partial charge in [0.2, 0.25) is 5.91 Å². The number of hydrogen-bond donors (Lipinski definition) is 2. The molecule has 1 aromatic rings. The summed E-state index contributed by atoms with van der Waals surface area (Å²) in [6.07, 6.45) is 1.10. The molecule has 0 radical (unpaired) electrons. The number of carbonyl (C=O) groups is 1. The van der Waals surface area contributed by atoms with Crippen LogP contribution in [-0.4, -0.2) is 37.6 Å². The van der Waals surface area contributed by atoms with Gasteiger partial charge in [-0.05, 0) is 32.0 Å². The van der Waals surface area contributed by atoms with Crippen LogP contribution in [-0.2, 0) is 4.79 Å². The molecule has 1 aromatic carbocycles. The molecule has 1 amide bonds. The van der Waals surface area contributed by atoms with Crippen LogP contribution in [0.25, 0.3) is 0 Å². The van der Waals surface area contributed by atoms with Gasteiger partial charge in [-0.2, -0.15) is 0 Å². The monoisotopic (exact) mass is 293 g/mol. The Labute approximate surface area is 127 Å². The minimum absolute atomic E-state index is 0.0520. The highest BCUT2D eigenvalue weighted by Crippen LogP contribution is 2.26. The number of hydrogen-bond acceptors (Lipinski definition) is 4. The average Bonchev–Trinajstić information content (AvgIpc) is 2.47. The van der Waals surface area contributed by atoms with Crippen molar-refractivity contribution in [2.24, 2.45) is 5.92 Å². The molecule has 0 aliphatic heterocycles. The van der Waals surface area contributed by atoms with E-state index in [1.807, 2.05) is 14.0 Å². The van der Waals surface area contributed by atoms with E-state index in [2.05, 4.69) is 24.1 Å². The van der Waals surface area contributed by atoms with E-state index in [9.17, 15) is 4.79 Å². The molecular formula is C16H27N3O2. The molecule has 5 nitrogen and oxygen atoms in total.